The summed E-state index contributed by atoms with van der Waals surface area (Å²) < 4.78 is 0. The van der Waals surface area contributed by atoms with Crippen LogP contribution in [-0.4, -0.2) is 44.8 Å². The van der Waals surface area contributed by atoms with Gasteiger partial charge in [0.2, 0.25) is 0 Å². The molecule has 66 valence electrons. The molecule has 4 nitrogen and oxygen atoms in total. The molecular weight excluding hydrogens is 148 g/mol. The molecule has 0 aromatic carbocycles. The summed E-state index contributed by atoms with van der Waals surface area (Å²) in [6.07, 6.45) is 0. The van der Waals surface area contributed by atoms with E-state index in [4.69, 9.17) is 10.2 Å². The minimum atomic E-state index is -1.55. The smallest absolute Gasteiger partial charge is 0.127 e. The lowest BCUT2D eigenvalue weighted by molar-refractivity contribution is -0.0388. The van der Waals surface area contributed by atoms with E-state index < -0.39 is 29.8 Å². The maximum atomic E-state index is 9.52. The third-order valence-corrected chi connectivity index (χ3v) is 3.15. The van der Waals surface area contributed by atoms with E-state index in [0.717, 1.165) is 0 Å². The van der Waals surface area contributed by atoms with Gasteiger partial charge < -0.3 is 20.4 Å². The van der Waals surface area contributed by atoms with Gasteiger partial charge in [-0.05, 0) is 0 Å². The molecule has 0 spiro atoms. The monoisotopic (exact) mass is 162 g/mol. The van der Waals surface area contributed by atoms with Crippen molar-refractivity contribution in [2.45, 2.75) is 25.0 Å². The van der Waals surface area contributed by atoms with Crippen molar-refractivity contribution < 1.29 is 20.4 Å². The summed E-state index contributed by atoms with van der Waals surface area (Å²) in [6.45, 7) is 2.13. The normalized spacial score (nSPS) is 47.5. The maximum Gasteiger partial charge on any atom is 0.127 e. The standard InChI is InChI=1S/C7H14O4/c1-5(2)6(10,3-8)7(5,11)4-9/h8-11H,3-4H2,1-2H3/t6-,7+. The average Bonchev–Trinajstić information content (AvgIpc) is 2.32. The first kappa shape index (κ1) is 8.93. The quantitative estimate of drug-likeness (QED) is 0.397. The van der Waals surface area contributed by atoms with E-state index in [1.165, 1.54) is 0 Å². The van der Waals surface area contributed by atoms with E-state index in [1.54, 1.807) is 13.8 Å². The van der Waals surface area contributed by atoms with Crippen molar-refractivity contribution >= 4 is 0 Å². The fraction of sp³-hybridized carbons (Fsp3) is 1.00. The van der Waals surface area contributed by atoms with Crippen LogP contribution in [0.2, 0.25) is 0 Å². The van der Waals surface area contributed by atoms with E-state index in [0.29, 0.717) is 0 Å². The molecule has 0 bridgehead atoms. The Morgan fingerprint density at radius 1 is 0.909 bits per heavy atom. The molecule has 4 N–H and O–H groups in total. The summed E-state index contributed by atoms with van der Waals surface area (Å²) >= 11 is 0. The molecule has 2 atom stereocenters. The first-order chi connectivity index (χ1) is 4.87. The van der Waals surface area contributed by atoms with Crippen LogP contribution < -0.4 is 0 Å². The van der Waals surface area contributed by atoms with Crippen molar-refractivity contribution in [3.8, 4) is 0 Å². The molecule has 0 aromatic heterocycles. The minimum Gasteiger partial charge on any atom is -0.393 e. The topological polar surface area (TPSA) is 80.9 Å². The van der Waals surface area contributed by atoms with Crippen molar-refractivity contribution in [2.75, 3.05) is 13.2 Å². The molecule has 0 radical (unpaired) electrons. The van der Waals surface area contributed by atoms with E-state index in [-0.39, 0.29) is 0 Å². The number of hydrogen-bond acceptors (Lipinski definition) is 4. The zero-order valence-corrected chi connectivity index (χ0v) is 6.70. The highest BCUT2D eigenvalue weighted by atomic mass is 16.4. The largest absolute Gasteiger partial charge is 0.393 e. The van der Waals surface area contributed by atoms with Crippen molar-refractivity contribution in [1.29, 1.82) is 0 Å². The van der Waals surface area contributed by atoms with E-state index in [1.807, 2.05) is 0 Å². The average molecular weight is 162 g/mol. The van der Waals surface area contributed by atoms with Crippen LogP contribution in [0.3, 0.4) is 0 Å². The highest BCUT2D eigenvalue weighted by molar-refractivity contribution is 5.31. The van der Waals surface area contributed by atoms with Gasteiger partial charge in [-0.3, -0.25) is 0 Å². The van der Waals surface area contributed by atoms with E-state index in [2.05, 4.69) is 0 Å². The molecule has 1 fully saturated rings. The van der Waals surface area contributed by atoms with Crippen LogP contribution in [0.5, 0.6) is 0 Å². The summed E-state index contributed by atoms with van der Waals surface area (Å²) in [6, 6.07) is 0. The molecule has 11 heavy (non-hydrogen) atoms. The van der Waals surface area contributed by atoms with Gasteiger partial charge >= 0.3 is 0 Å². The van der Waals surface area contributed by atoms with Crippen molar-refractivity contribution in [1.82, 2.24) is 0 Å². The van der Waals surface area contributed by atoms with Crippen molar-refractivity contribution in [3.05, 3.63) is 0 Å². The Kier molecular flexibility index (Phi) is 1.59. The van der Waals surface area contributed by atoms with Crippen LogP contribution >= 0.6 is 0 Å². The molecule has 0 heterocycles. The van der Waals surface area contributed by atoms with Crippen LogP contribution in [-0.2, 0) is 0 Å². The number of rotatable bonds is 2. The summed E-state index contributed by atoms with van der Waals surface area (Å²) in [5.41, 5.74) is -3.92. The molecular formula is C7H14O4. The van der Waals surface area contributed by atoms with Gasteiger partial charge in [-0.2, -0.15) is 0 Å². The lowest BCUT2D eigenvalue weighted by Crippen LogP contribution is -2.31. The zero-order chi connectivity index (χ0) is 8.91. The molecule has 0 aromatic rings. The Hall–Kier alpha value is -0.160. The highest BCUT2D eigenvalue weighted by Crippen LogP contribution is 2.64. The predicted octanol–water partition coefficient (Wildman–Crippen LogP) is -1.53. The van der Waals surface area contributed by atoms with Crippen LogP contribution in [0.25, 0.3) is 0 Å². The Labute approximate surface area is 65.1 Å². The molecule has 0 saturated heterocycles. The second-order valence-corrected chi connectivity index (χ2v) is 3.66. The van der Waals surface area contributed by atoms with Crippen LogP contribution in [0.15, 0.2) is 0 Å². The van der Waals surface area contributed by atoms with Crippen molar-refractivity contribution in [2.24, 2.45) is 5.41 Å². The van der Waals surface area contributed by atoms with Gasteiger partial charge in [0.25, 0.3) is 0 Å². The molecule has 4 heteroatoms. The predicted molar refractivity (Wildman–Crippen MR) is 37.9 cm³/mol. The fourth-order valence-electron chi connectivity index (χ4n) is 1.67. The highest BCUT2D eigenvalue weighted by Gasteiger charge is 2.82. The Morgan fingerprint density at radius 2 is 1.18 bits per heavy atom. The minimum absolute atomic E-state index is 0.531. The lowest BCUT2D eigenvalue weighted by Gasteiger charge is -2.09. The van der Waals surface area contributed by atoms with Gasteiger partial charge in [0, 0.05) is 5.41 Å². The number of aliphatic hydroxyl groups is 4. The molecule has 0 amide bonds. The lowest BCUT2D eigenvalue weighted by atomic mass is 10.1. The molecule has 0 aliphatic heterocycles. The second-order valence-electron chi connectivity index (χ2n) is 3.66. The van der Waals surface area contributed by atoms with Gasteiger partial charge in [0.15, 0.2) is 0 Å². The molecule has 1 aliphatic rings. The Morgan fingerprint density at radius 3 is 1.27 bits per heavy atom. The van der Waals surface area contributed by atoms with E-state index >= 15 is 0 Å². The summed E-state index contributed by atoms with van der Waals surface area (Å²) in [5, 5.41) is 36.5. The first-order valence-corrected chi connectivity index (χ1v) is 3.54. The van der Waals surface area contributed by atoms with Gasteiger partial charge in [-0.25, -0.2) is 0 Å². The summed E-state index contributed by atoms with van der Waals surface area (Å²) in [4.78, 5) is 0. The summed E-state index contributed by atoms with van der Waals surface area (Å²) in [7, 11) is 0. The van der Waals surface area contributed by atoms with Gasteiger partial charge in [0.1, 0.15) is 11.2 Å². The van der Waals surface area contributed by atoms with Crippen LogP contribution in [0.4, 0.5) is 0 Å². The van der Waals surface area contributed by atoms with Crippen LogP contribution in [0, 0.1) is 5.41 Å². The summed E-state index contributed by atoms with van der Waals surface area (Å²) in [5.74, 6) is 0. The second kappa shape index (κ2) is 1.95. The zero-order valence-electron chi connectivity index (χ0n) is 6.70. The number of aliphatic hydroxyl groups excluding tert-OH is 2. The van der Waals surface area contributed by atoms with Gasteiger partial charge in [-0.1, -0.05) is 13.8 Å². The third-order valence-electron chi connectivity index (χ3n) is 3.15. The number of hydrogen-bond donors (Lipinski definition) is 4. The first-order valence-electron chi connectivity index (χ1n) is 3.54. The van der Waals surface area contributed by atoms with Crippen LogP contribution in [0.1, 0.15) is 13.8 Å². The van der Waals surface area contributed by atoms with Gasteiger partial charge in [-0.15, -0.1) is 0 Å². The van der Waals surface area contributed by atoms with Crippen molar-refractivity contribution in [3.63, 3.8) is 0 Å². The Balaban J connectivity index is 2.91. The molecule has 1 rings (SSSR count). The SMILES string of the molecule is CC1(C)[C@](O)(CO)[C@]1(O)CO. The molecule has 0 unspecified atom stereocenters. The molecule has 1 saturated carbocycles. The maximum absolute atomic E-state index is 9.52. The third kappa shape index (κ3) is 0.636. The molecule has 1 aliphatic carbocycles. The fourth-order valence-corrected chi connectivity index (χ4v) is 1.67. The van der Waals surface area contributed by atoms with E-state index in [9.17, 15) is 10.2 Å². The Bertz CT molecular complexity index is 161. The van der Waals surface area contributed by atoms with Gasteiger partial charge in [0.05, 0.1) is 13.2 Å².